The van der Waals surface area contributed by atoms with E-state index in [1.54, 1.807) is 4.90 Å². The molecule has 7 nitrogen and oxygen atoms in total. The van der Waals surface area contributed by atoms with Crippen LogP contribution < -0.4 is 0 Å². The standard InChI is InChI=1S/C17H22N6O/c1-4-12-6-5-7-14-13(9-18-16(12)14)8-15(24)23(3)10-11(2)17-19-21-22-20-17/h5-7,9,11,18H,4,8,10H2,1-3H3,(H,19,20,21,22). The van der Waals surface area contributed by atoms with E-state index in [0.29, 0.717) is 18.8 Å². The Bertz CT molecular complexity index is 823. The molecule has 3 aromatic rings. The number of nitrogens with zero attached hydrogens (tertiary/aromatic N) is 4. The normalized spacial score (nSPS) is 12.5. The van der Waals surface area contributed by atoms with Gasteiger partial charge in [-0.05, 0) is 17.5 Å². The third-order valence-electron chi connectivity index (χ3n) is 4.39. The van der Waals surface area contributed by atoms with Crippen molar-refractivity contribution in [1.29, 1.82) is 0 Å². The first-order valence-corrected chi connectivity index (χ1v) is 8.15. The number of rotatable bonds is 6. The first kappa shape index (κ1) is 16.2. The number of aryl methyl sites for hydroxylation is 1. The van der Waals surface area contributed by atoms with Crippen LogP contribution in [0.15, 0.2) is 24.4 Å². The molecule has 24 heavy (non-hydrogen) atoms. The van der Waals surface area contributed by atoms with Gasteiger partial charge in [-0.3, -0.25) is 4.79 Å². The molecule has 0 spiro atoms. The van der Waals surface area contributed by atoms with Crippen LogP contribution in [-0.4, -0.2) is 50.0 Å². The minimum absolute atomic E-state index is 0.0346. The Morgan fingerprint density at radius 3 is 2.88 bits per heavy atom. The van der Waals surface area contributed by atoms with E-state index < -0.39 is 0 Å². The monoisotopic (exact) mass is 326 g/mol. The molecular formula is C17H22N6O. The van der Waals surface area contributed by atoms with Gasteiger partial charge >= 0.3 is 0 Å². The number of nitrogens with one attached hydrogen (secondary N) is 2. The van der Waals surface area contributed by atoms with Gasteiger partial charge in [0, 0.05) is 36.6 Å². The highest BCUT2D eigenvalue weighted by Gasteiger charge is 2.18. The molecule has 0 radical (unpaired) electrons. The third kappa shape index (κ3) is 3.15. The molecule has 1 amide bonds. The molecular weight excluding hydrogens is 304 g/mol. The highest BCUT2D eigenvalue weighted by atomic mass is 16.2. The van der Waals surface area contributed by atoms with Crippen molar-refractivity contribution in [3.05, 3.63) is 41.3 Å². The number of hydrogen-bond donors (Lipinski definition) is 2. The lowest BCUT2D eigenvalue weighted by atomic mass is 10.0. The van der Waals surface area contributed by atoms with Gasteiger partial charge in [0.1, 0.15) is 0 Å². The van der Waals surface area contributed by atoms with Gasteiger partial charge in [-0.1, -0.05) is 37.3 Å². The predicted molar refractivity (Wildman–Crippen MR) is 91.6 cm³/mol. The summed E-state index contributed by atoms with van der Waals surface area (Å²) in [6.45, 7) is 4.67. The molecule has 0 fully saturated rings. The molecule has 0 bridgehead atoms. The summed E-state index contributed by atoms with van der Waals surface area (Å²) in [6.07, 6.45) is 3.29. The number of aromatic nitrogens is 5. The summed E-state index contributed by atoms with van der Waals surface area (Å²) in [5.74, 6) is 0.731. The van der Waals surface area contributed by atoms with Crippen LogP contribution in [0.1, 0.15) is 36.7 Å². The van der Waals surface area contributed by atoms with Crippen LogP contribution in [0.3, 0.4) is 0 Å². The largest absolute Gasteiger partial charge is 0.361 e. The van der Waals surface area contributed by atoms with Gasteiger partial charge in [-0.2, -0.15) is 5.21 Å². The minimum atomic E-state index is 0.0346. The number of amides is 1. The molecule has 2 heterocycles. The van der Waals surface area contributed by atoms with Gasteiger partial charge in [0.15, 0.2) is 5.82 Å². The molecule has 1 atom stereocenters. The van der Waals surface area contributed by atoms with Crippen molar-refractivity contribution in [2.45, 2.75) is 32.6 Å². The average molecular weight is 326 g/mol. The second-order valence-corrected chi connectivity index (χ2v) is 6.13. The number of likely N-dealkylation sites (N-methyl/N-ethyl adjacent to an activating group) is 1. The molecule has 0 aliphatic heterocycles. The summed E-state index contributed by atoms with van der Waals surface area (Å²) in [7, 11) is 1.81. The quantitative estimate of drug-likeness (QED) is 0.725. The Morgan fingerprint density at radius 1 is 1.33 bits per heavy atom. The van der Waals surface area contributed by atoms with Crippen LogP contribution >= 0.6 is 0 Å². The molecule has 0 aliphatic carbocycles. The minimum Gasteiger partial charge on any atom is -0.361 e. The van der Waals surface area contributed by atoms with E-state index in [2.05, 4.69) is 44.7 Å². The summed E-state index contributed by atoms with van der Waals surface area (Å²) in [5.41, 5.74) is 3.43. The highest BCUT2D eigenvalue weighted by Crippen LogP contribution is 2.23. The number of aromatic amines is 2. The third-order valence-corrected chi connectivity index (χ3v) is 4.39. The lowest BCUT2D eigenvalue weighted by Gasteiger charge is -2.19. The fourth-order valence-electron chi connectivity index (χ4n) is 2.99. The Morgan fingerprint density at radius 2 is 2.17 bits per heavy atom. The molecule has 2 aromatic heterocycles. The number of carbonyl (C=O) groups is 1. The van der Waals surface area contributed by atoms with Crippen molar-refractivity contribution in [2.24, 2.45) is 0 Å². The van der Waals surface area contributed by atoms with E-state index in [9.17, 15) is 4.79 Å². The van der Waals surface area contributed by atoms with Crippen molar-refractivity contribution in [1.82, 2.24) is 30.5 Å². The SMILES string of the molecule is CCc1cccc2c(CC(=O)N(C)CC(C)c3nn[nH]n3)c[nH]c12. The summed E-state index contributed by atoms with van der Waals surface area (Å²) < 4.78 is 0. The maximum Gasteiger partial charge on any atom is 0.226 e. The number of hydrogen-bond acceptors (Lipinski definition) is 4. The van der Waals surface area contributed by atoms with Crippen LogP contribution in [0.4, 0.5) is 0 Å². The van der Waals surface area contributed by atoms with E-state index >= 15 is 0 Å². The maximum atomic E-state index is 12.6. The Labute approximate surface area is 140 Å². The van der Waals surface area contributed by atoms with Crippen molar-refractivity contribution < 1.29 is 4.79 Å². The molecule has 3 rings (SSSR count). The number of fused-ring (bicyclic) bond motifs is 1. The van der Waals surface area contributed by atoms with E-state index in [-0.39, 0.29) is 11.8 Å². The second kappa shape index (κ2) is 6.82. The number of benzene rings is 1. The van der Waals surface area contributed by atoms with Gasteiger partial charge < -0.3 is 9.88 Å². The van der Waals surface area contributed by atoms with Gasteiger partial charge in [0.2, 0.25) is 5.91 Å². The summed E-state index contributed by atoms with van der Waals surface area (Å²) in [5, 5.41) is 15.1. The topological polar surface area (TPSA) is 90.6 Å². The van der Waals surface area contributed by atoms with Gasteiger partial charge in [0.25, 0.3) is 0 Å². The van der Waals surface area contributed by atoms with Crippen LogP contribution in [-0.2, 0) is 17.6 Å². The summed E-state index contributed by atoms with van der Waals surface area (Å²) >= 11 is 0. The van der Waals surface area contributed by atoms with Crippen LogP contribution in [0.25, 0.3) is 10.9 Å². The van der Waals surface area contributed by atoms with Gasteiger partial charge in [-0.25, -0.2) is 0 Å². The van der Waals surface area contributed by atoms with Crippen LogP contribution in [0.2, 0.25) is 0 Å². The number of carbonyl (C=O) groups excluding carboxylic acids is 1. The van der Waals surface area contributed by atoms with E-state index in [4.69, 9.17) is 0 Å². The zero-order chi connectivity index (χ0) is 17.1. The summed E-state index contributed by atoms with van der Waals surface area (Å²) in [6, 6.07) is 6.23. The van der Waals surface area contributed by atoms with Crippen LogP contribution in [0, 0.1) is 0 Å². The number of para-hydroxylation sites is 1. The predicted octanol–water partition coefficient (Wildman–Crippen LogP) is 2.05. The molecule has 0 saturated carbocycles. The number of H-pyrrole nitrogens is 2. The van der Waals surface area contributed by atoms with Crippen molar-refractivity contribution in [3.8, 4) is 0 Å². The number of tetrazole rings is 1. The van der Waals surface area contributed by atoms with E-state index in [0.717, 1.165) is 22.9 Å². The van der Waals surface area contributed by atoms with Gasteiger partial charge in [-0.15, -0.1) is 10.2 Å². The fraction of sp³-hybridized carbons (Fsp3) is 0.412. The molecule has 126 valence electrons. The molecule has 1 aromatic carbocycles. The maximum absolute atomic E-state index is 12.6. The molecule has 0 aliphatic rings. The first-order chi connectivity index (χ1) is 11.6. The Hall–Kier alpha value is -2.70. The lowest BCUT2D eigenvalue weighted by molar-refractivity contribution is -0.129. The second-order valence-electron chi connectivity index (χ2n) is 6.13. The molecule has 0 saturated heterocycles. The Balaban J connectivity index is 1.70. The Kier molecular flexibility index (Phi) is 4.59. The van der Waals surface area contributed by atoms with E-state index in [1.165, 1.54) is 5.56 Å². The lowest BCUT2D eigenvalue weighted by Crippen LogP contribution is -2.31. The molecule has 7 heteroatoms. The zero-order valence-electron chi connectivity index (χ0n) is 14.2. The molecule has 1 unspecified atom stereocenters. The van der Waals surface area contributed by atoms with Gasteiger partial charge in [0.05, 0.1) is 6.42 Å². The highest BCUT2D eigenvalue weighted by molar-refractivity contribution is 5.90. The van der Waals surface area contributed by atoms with Crippen molar-refractivity contribution in [3.63, 3.8) is 0 Å². The average Bonchev–Trinajstić information content (AvgIpc) is 3.24. The zero-order valence-corrected chi connectivity index (χ0v) is 14.2. The summed E-state index contributed by atoms with van der Waals surface area (Å²) in [4.78, 5) is 17.6. The molecule has 2 N–H and O–H groups in total. The van der Waals surface area contributed by atoms with Crippen LogP contribution in [0.5, 0.6) is 0 Å². The fourth-order valence-corrected chi connectivity index (χ4v) is 2.99. The smallest absolute Gasteiger partial charge is 0.226 e. The van der Waals surface area contributed by atoms with Crippen molar-refractivity contribution >= 4 is 16.8 Å². The first-order valence-electron chi connectivity index (χ1n) is 8.15. The van der Waals surface area contributed by atoms with E-state index in [1.807, 2.05) is 26.2 Å². The van der Waals surface area contributed by atoms with Crippen molar-refractivity contribution in [2.75, 3.05) is 13.6 Å².